The van der Waals surface area contributed by atoms with Crippen molar-refractivity contribution in [3.63, 3.8) is 0 Å². The first-order chi connectivity index (χ1) is 9.10. The Morgan fingerprint density at radius 3 is 2.84 bits per heavy atom. The number of anilines is 1. The highest BCUT2D eigenvalue weighted by Crippen LogP contribution is 2.24. The van der Waals surface area contributed by atoms with Gasteiger partial charge >= 0.3 is 0 Å². The van der Waals surface area contributed by atoms with E-state index in [4.69, 9.17) is 11.0 Å². The third kappa shape index (κ3) is 3.43. The molecule has 98 valence electrons. The average Bonchev–Trinajstić information content (AvgIpc) is 2.85. The zero-order valence-electron chi connectivity index (χ0n) is 10.6. The van der Waals surface area contributed by atoms with Gasteiger partial charge in [0.1, 0.15) is 17.5 Å². The second-order valence-corrected chi connectivity index (χ2v) is 6.02. The minimum absolute atomic E-state index is 0.223. The Morgan fingerprint density at radius 1 is 1.47 bits per heavy atom. The van der Waals surface area contributed by atoms with E-state index in [0.717, 1.165) is 10.7 Å². The molecule has 2 N–H and O–H groups in total. The van der Waals surface area contributed by atoms with Crippen LogP contribution in [0.2, 0.25) is 0 Å². The molecular formula is C12H13N5S2. The summed E-state index contributed by atoms with van der Waals surface area (Å²) in [6, 6.07) is 1.94. The maximum absolute atomic E-state index is 8.75. The molecule has 0 fully saturated rings. The molecule has 0 aliphatic heterocycles. The molecule has 2 aromatic rings. The quantitative estimate of drug-likeness (QED) is 0.688. The number of nitrogens with two attached hydrogens (primary N) is 1. The SMILES string of the molecule is CC(C)c1nc(CSc2ncc(C#N)c(N)n2)cs1. The van der Waals surface area contributed by atoms with Crippen LogP contribution in [-0.4, -0.2) is 15.0 Å². The summed E-state index contributed by atoms with van der Waals surface area (Å²) < 4.78 is 0. The van der Waals surface area contributed by atoms with E-state index in [2.05, 4.69) is 34.2 Å². The maximum atomic E-state index is 8.75. The first-order valence-electron chi connectivity index (χ1n) is 5.70. The van der Waals surface area contributed by atoms with Crippen molar-refractivity contribution in [2.24, 2.45) is 0 Å². The maximum Gasteiger partial charge on any atom is 0.189 e. The highest BCUT2D eigenvalue weighted by Gasteiger charge is 2.08. The van der Waals surface area contributed by atoms with Crippen LogP contribution < -0.4 is 5.73 Å². The van der Waals surface area contributed by atoms with Crippen LogP contribution in [0.25, 0.3) is 0 Å². The van der Waals surface area contributed by atoms with Crippen molar-refractivity contribution in [1.29, 1.82) is 5.26 Å². The van der Waals surface area contributed by atoms with Crippen molar-refractivity contribution in [3.8, 4) is 6.07 Å². The number of rotatable bonds is 4. The highest BCUT2D eigenvalue weighted by molar-refractivity contribution is 7.98. The largest absolute Gasteiger partial charge is 0.382 e. The number of thioether (sulfide) groups is 1. The lowest BCUT2D eigenvalue weighted by atomic mass is 10.2. The predicted octanol–water partition coefficient (Wildman–Crippen LogP) is 2.80. The molecule has 0 saturated carbocycles. The molecule has 2 aromatic heterocycles. The standard InChI is InChI=1S/C12H13N5S2/c1-7(2)11-16-9(5-18-11)6-19-12-15-4-8(3-13)10(14)17-12/h4-5,7H,6H2,1-2H3,(H2,14,15,17). The Morgan fingerprint density at radius 2 is 2.26 bits per heavy atom. The summed E-state index contributed by atoms with van der Waals surface area (Å²) in [6.45, 7) is 4.25. The molecule has 0 bridgehead atoms. The van der Waals surface area contributed by atoms with Crippen LogP contribution in [0.15, 0.2) is 16.7 Å². The van der Waals surface area contributed by atoms with E-state index < -0.39 is 0 Å². The van der Waals surface area contributed by atoms with Gasteiger partial charge in [-0.25, -0.2) is 15.0 Å². The summed E-state index contributed by atoms with van der Waals surface area (Å²) in [6.07, 6.45) is 1.45. The van der Waals surface area contributed by atoms with Crippen molar-refractivity contribution in [3.05, 3.63) is 27.8 Å². The molecule has 0 unspecified atom stereocenters. The molecule has 0 aliphatic rings. The molecule has 0 radical (unpaired) electrons. The zero-order valence-corrected chi connectivity index (χ0v) is 12.3. The van der Waals surface area contributed by atoms with Crippen LogP contribution in [0.5, 0.6) is 0 Å². The van der Waals surface area contributed by atoms with E-state index in [1.807, 2.05) is 6.07 Å². The summed E-state index contributed by atoms with van der Waals surface area (Å²) in [4.78, 5) is 12.7. The van der Waals surface area contributed by atoms with E-state index in [1.54, 1.807) is 11.3 Å². The van der Waals surface area contributed by atoms with E-state index in [0.29, 0.717) is 22.4 Å². The fourth-order valence-corrected chi connectivity index (χ4v) is 2.98. The van der Waals surface area contributed by atoms with E-state index in [1.165, 1.54) is 18.0 Å². The third-order valence-corrected chi connectivity index (χ3v) is 4.42. The normalized spacial score (nSPS) is 10.6. The van der Waals surface area contributed by atoms with Crippen molar-refractivity contribution < 1.29 is 0 Å². The highest BCUT2D eigenvalue weighted by atomic mass is 32.2. The van der Waals surface area contributed by atoms with Gasteiger partial charge in [0, 0.05) is 17.1 Å². The Hall–Kier alpha value is -1.65. The summed E-state index contributed by atoms with van der Waals surface area (Å²) in [5.74, 6) is 1.38. The van der Waals surface area contributed by atoms with Gasteiger partial charge in [0.2, 0.25) is 0 Å². The lowest BCUT2D eigenvalue weighted by molar-refractivity contribution is 0.846. The van der Waals surface area contributed by atoms with Crippen molar-refractivity contribution in [1.82, 2.24) is 15.0 Å². The molecule has 2 rings (SSSR count). The van der Waals surface area contributed by atoms with Crippen molar-refractivity contribution in [2.75, 3.05) is 5.73 Å². The lowest BCUT2D eigenvalue weighted by Crippen LogP contribution is -1.98. The number of hydrogen-bond donors (Lipinski definition) is 1. The summed E-state index contributed by atoms with van der Waals surface area (Å²) in [7, 11) is 0. The monoisotopic (exact) mass is 291 g/mol. The van der Waals surface area contributed by atoms with Gasteiger partial charge in [0.25, 0.3) is 0 Å². The second kappa shape index (κ2) is 5.99. The Balaban J connectivity index is 2.02. The predicted molar refractivity (Wildman–Crippen MR) is 76.9 cm³/mol. The number of hydrogen-bond acceptors (Lipinski definition) is 7. The molecule has 0 aromatic carbocycles. The molecule has 0 amide bonds. The van der Waals surface area contributed by atoms with Crippen LogP contribution in [0.4, 0.5) is 5.82 Å². The van der Waals surface area contributed by atoms with Gasteiger partial charge in [0.15, 0.2) is 5.16 Å². The molecule has 0 saturated heterocycles. The first-order valence-corrected chi connectivity index (χ1v) is 7.56. The number of thiazole rings is 1. The van der Waals surface area contributed by atoms with Gasteiger partial charge < -0.3 is 5.73 Å². The molecular weight excluding hydrogens is 278 g/mol. The zero-order chi connectivity index (χ0) is 13.8. The molecule has 0 atom stereocenters. The van der Waals surface area contributed by atoms with Gasteiger partial charge in [-0.15, -0.1) is 11.3 Å². The minimum atomic E-state index is 0.223. The van der Waals surface area contributed by atoms with Crippen LogP contribution >= 0.6 is 23.1 Å². The Kier molecular flexibility index (Phi) is 4.35. The number of nitrogen functional groups attached to an aromatic ring is 1. The number of nitrogens with zero attached hydrogens (tertiary/aromatic N) is 4. The summed E-state index contributed by atoms with van der Waals surface area (Å²) in [5.41, 5.74) is 6.97. The lowest BCUT2D eigenvalue weighted by Gasteiger charge is -2.00. The van der Waals surface area contributed by atoms with Gasteiger partial charge in [-0.1, -0.05) is 25.6 Å². The van der Waals surface area contributed by atoms with Crippen molar-refractivity contribution >= 4 is 28.9 Å². The van der Waals surface area contributed by atoms with Crippen molar-refractivity contribution in [2.45, 2.75) is 30.7 Å². The Labute approximate surface area is 119 Å². The molecule has 5 nitrogen and oxygen atoms in total. The molecule has 19 heavy (non-hydrogen) atoms. The molecule has 2 heterocycles. The van der Waals surface area contributed by atoms with Crippen LogP contribution in [0.3, 0.4) is 0 Å². The number of aromatic nitrogens is 3. The first kappa shape index (κ1) is 13.8. The second-order valence-electron chi connectivity index (χ2n) is 4.18. The smallest absolute Gasteiger partial charge is 0.189 e. The Bertz CT molecular complexity index is 615. The number of nitriles is 1. The fraction of sp³-hybridized carbons (Fsp3) is 0.333. The topological polar surface area (TPSA) is 88.5 Å². The van der Waals surface area contributed by atoms with E-state index >= 15 is 0 Å². The third-order valence-electron chi connectivity index (χ3n) is 2.33. The van der Waals surface area contributed by atoms with Gasteiger partial charge in [0.05, 0.1) is 16.9 Å². The molecule has 7 heteroatoms. The van der Waals surface area contributed by atoms with Gasteiger partial charge in [-0.3, -0.25) is 0 Å². The van der Waals surface area contributed by atoms with Crippen LogP contribution in [0, 0.1) is 11.3 Å². The van der Waals surface area contributed by atoms with Crippen LogP contribution in [0.1, 0.15) is 36.0 Å². The fourth-order valence-electron chi connectivity index (χ4n) is 1.33. The van der Waals surface area contributed by atoms with Crippen LogP contribution in [-0.2, 0) is 5.75 Å². The van der Waals surface area contributed by atoms with Gasteiger partial charge in [-0.05, 0) is 0 Å². The average molecular weight is 291 g/mol. The molecule has 0 aliphatic carbocycles. The summed E-state index contributed by atoms with van der Waals surface area (Å²) >= 11 is 3.13. The van der Waals surface area contributed by atoms with E-state index in [9.17, 15) is 0 Å². The minimum Gasteiger partial charge on any atom is -0.382 e. The summed E-state index contributed by atoms with van der Waals surface area (Å²) in [5, 5.41) is 12.5. The molecule has 0 spiro atoms. The van der Waals surface area contributed by atoms with E-state index in [-0.39, 0.29) is 5.82 Å². The van der Waals surface area contributed by atoms with Gasteiger partial charge in [-0.2, -0.15) is 5.26 Å².